The maximum Gasteiger partial charge on any atom is 0.227 e. The minimum absolute atomic E-state index is 0.0758. The Morgan fingerprint density at radius 1 is 1.16 bits per heavy atom. The molecule has 0 fully saturated rings. The average molecular weight is 465 g/mol. The minimum Gasteiger partial charge on any atom is -0.383 e. The van der Waals surface area contributed by atoms with Gasteiger partial charge in [0.05, 0.1) is 24.2 Å². The molecule has 32 heavy (non-hydrogen) atoms. The zero-order valence-electron chi connectivity index (χ0n) is 18.2. The van der Waals surface area contributed by atoms with E-state index in [0.29, 0.717) is 31.1 Å². The molecule has 164 valence electrons. The second kappa shape index (κ2) is 10.3. The molecule has 0 saturated heterocycles. The van der Waals surface area contributed by atoms with E-state index in [1.54, 1.807) is 18.4 Å². The summed E-state index contributed by atoms with van der Waals surface area (Å²) >= 11 is 7.83. The van der Waals surface area contributed by atoms with Crippen LogP contribution in [0.5, 0.6) is 0 Å². The lowest BCUT2D eigenvalue weighted by atomic mass is 10.0. The molecule has 2 heterocycles. The molecule has 0 aliphatic heterocycles. The number of hydrogen-bond acceptors (Lipinski definition) is 4. The first-order valence-corrected chi connectivity index (χ1v) is 11.8. The fraction of sp³-hybridized carbons (Fsp3) is 0.231. The number of methoxy groups -OCH3 is 1. The summed E-state index contributed by atoms with van der Waals surface area (Å²) in [5.74, 6) is 0.0758. The summed E-state index contributed by atoms with van der Waals surface area (Å²) in [5, 5.41) is 5.67. The molecule has 0 bridgehead atoms. The Kier molecular flexibility index (Phi) is 7.20. The van der Waals surface area contributed by atoms with E-state index in [0.717, 1.165) is 38.9 Å². The van der Waals surface area contributed by atoms with Crippen LogP contribution in [-0.2, 0) is 22.5 Å². The van der Waals surface area contributed by atoms with Crippen molar-refractivity contribution in [2.24, 2.45) is 0 Å². The predicted octanol–water partition coefficient (Wildman–Crippen LogP) is 6.14. The van der Waals surface area contributed by atoms with Crippen molar-refractivity contribution in [2.45, 2.75) is 19.9 Å². The number of halogens is 1. The van der Waals surface area contributed by atoms with Crippen molar-refractivity contribution in [1.29, 1.82) is 0 Å². The predicted molar refractivity (Wildman–Crippen MR) is 132 cm³/mol. The lowest BCUT2D eigenvalue weighted by Crippen LogP contribution is -2.34. The highest BCUT2D eigenvalue weighted by atomic mass is 35.5. The summed E-state index contributed by atoms with van der Waals surface area (Å²) < 4.78 is 5.29. The Bertz CT molecular complexity index is 1220. The molecule has 0 radical (unpaired) electrons. The minimum atomic E-state index is 0.0758. The van der Waals surface area contributed by atoms with Crippen LogP contribution in [0.25, 0.3) is 22.2 Å². The normalized spacial score (nSPS) is 11.1. The van der Waals surface area contributed by atoms with Crippen molar-refractivity contribution < 1.29 is 9.53 Å². The first kappa shape index (κ1) is 22.5. The van der Waals surface area contributed by atoms with Crippen LogP contribution in [0.4, 0.5) is 0 Å². The molecule has 2 aromatic carbocycles. The van der Waals surface area contributed by atoms with E-state index in [2.05, 4.69) is 31.2 Å². The Hall–Kier alpha value is -2.73. The number of ether oxygens (including phenoxy) is 1. The summed E-state index contributed by atoms with van der Waals surface area (Å²) in [7, 11) is 1.65. The molecule has 1 amide bonds. The second-order valence-corrected chi connectivity index (χ2v) is 9.04. The molecule has 0 atom stereocenters. The molecular weight excluding hydrogens is 440 g/mol. The van der Waals surface area contributed by atoms with Crippen LogP contribution < -0.4 is 0 Å². The number of fused-ring (bicyclic) bond motifs is 1. The number of pyridine rings is 1. The number of aryl methyl sites for hydroxylation is 1. The number of rotatable bonds is 8. The Morgan fingerprint density at radius 3 is 2.78 bits per heavy atom. The molecule has 0 saturated carbocycles. The maximum atomic E-state index is 13.2. The fourth-order valence-electron chi connectivity index (χ4n) is 3.73. The second-order valence-electron chi connectivity index (χ2n) is 7.82. The Morgan fingerprint density at radius 2 is 2.03 bits per heavy atom. The van der Waals surface area contributed by atoms with E-state index in [1.807, 2.05) is 46.0 Å². The molecule has 4 nitrogen and oxygen atoms in total. The van der Waals surface area contributed by atoms with E-state index in [4.69, 9.17) is 21.3 Å². The van der Waals surface area contributed by atoms with Crippen LogP contribution in [0.2, 0.25) is 5.02 Å². The zero-order valence-corrected chi connectivity index (χ0v) is 19.7. The zero-order chi connectivity index (χ0) is 22.5. The lowest BCUT2D eigenvalue weighted by Gasteiger charge is -2.24. The third-order valence-corrected chi connectivity index (χ3v) is 6.33. The molecule has 0 aliphatic rings. The molecule has 0 N–H and O–H groups in total. The van der Waals surface area contributed by atoms with Crippen LogP contribution in [0, 0.1) is 6.92 Å². The van der Waals surface area contributed by atoms with Gasteiger partial charge in [-0.15, -0.1) is 0 Å². The van der Waals surface area contributed by atoms with Gasteiger partial charge in [-0.2, -0.15) is 11.3 Å². The number of amides is 1. The average Bonchev–Trinajstić information content (AvgIpc) is 3.29. The summed E-state index contributed by atoms with van der Waals surface area (Å²) in [4.78, 5) is 20.0. The highest BCUT2D eigenvalue weighted by molar-refractivity contribution is 7.08. The first-order valence-electron chi connectivity index (χ1n) is 10.5. The highest BCUT2D eigenvalue weighted by Crippen LogP contribution is 2.29. The third-order valence-electron chi connectivity index (χ3n) is 5.36. The van der Waals surface area contributed by atoms with Gasteiger partial charge in [0.15, 0.2) is 0 Å². The van der Waals surface area contributed by atoms with Gasteiger partial charge in [0.2, 0.25) is 5.91 Å². The SMILES string of the molecule is COCCN(Cc1cc2ccc(Cl)cc2nc1-c1cccc(C)c1)C(=O)Cc1ccsc1. The van der Waals surface area contributed by atoms with Crippen LogP contribution in [0.15, 0.2) is 65.4 Å². The lowest BCUT2D eigenvalue weighted by molar-refractivity contribution is -0.131. The van der Waals surface area contributed by atoms with Gasteiger partial charge in [-0.25, -0.2) is 4.98 Å². The van der Waals surface area contributed by atoms with E-state index in [1.165, 1.54) is 0 Å². The van der Waals surface area contributed by atoms with E-state index in [-0.39, 0.29) is 5.91 Å². The molecule has 6 heteroatoms. The summed E-state index contributed by atoms with van der Waals surface area (Å²) in [5.41, 5.74) is 5.93. The first-order chi connectivity index (χ1) is 15.5. The molecule has 0 aliphatic carbocycles. The van der Waals surface area contributed by atoms with Gasteiger partial charge in [-0.05, 0) is 59.1 Å². The van der Waals surface area contributed by atoms with Gasteiger partial charge in [0, 0.05) is 36.2 Å². The molecule has 0 spiro atoms. The van der Waals surface area contributed by atoms with Gasteiger partial charge < -0.3 is 9.64 Å². The van der Waals surface area contributed by atoms with Gasteiger partial charge in [0.1, 0.15) is 0 Å². The summed E-state index contributed by atoms with van der Waals surface area (Å²) in [6.45, 7) is 3.52. The Balaban J connectivity index is 1.74. The van der Waals surface area contributed by atoms with Crippen LogP contribution in [-0.4, -0.2) is 36.1 Å². The third kappa shape index (κ3) is 5.36. The van der Waals surface area contributed by atoms with E-state index >= 15 is 0 Å². The molecule has 2 aromatic heterocycles. The quantitative estimate of drug-likeness (QED) is 0.314. The topological polar surface area (TPSA) is 42.4 Å². The maximum absolute atomic E-state index is 13.2. The van der Waals surface area contributed by atoms with Gasteiger partial charge in [-0.1, -0.05) is 41.4 Å². The van der Waals surface area contributed by atoms with Crippen molar-refractivity contribution >= 4 is 39.7 Å². The molecule has 0 unspecified atom stereocenters. The summed E-state index contributed by atoms with van der Waals surface area (Å²) in [6.07, 6.45) is 0.379. The number of aromatic nitrogens is 1. The fourth-order valence-corrected chi connectivity index (χ4v) is 4.56. The smallest absolute Gasteiger partial charge is 0.227 e. The standard InChI is InChI=1S/C26H25ClN2O2S/c1-18-4-3-5-21(12-18)26-22(14-20-6-7-23(27)15-24(20)28-26)16-29(9-10-31-2)25(30)13-19-8-11-32-17-19/h3-8,11-12,14-15,17H,9-10,13,16H2,1-2H3. The number of hydrogen-bond donors (Lipinski definition) is 0. The largest absolute Gasteiger partial charge is 0.383 e. The number of thiophene rings is 1. The number of nitrogens with zero attached hydrogens (tertiary/aromatic N) is 2. The highest BCUT2D eigenvalue weighted by Gasteiger charge is 2.18. The molecular formula is C26H25ClN2O2S. The summed E-state index contributed by atoms with van der Waals surface area (Å²) in [6, 6.07) is 18.1. The number of carbonyl (C=O) groups excluding carboxylic acids is 1. The van der Waals surface area contributed by atoms with Gasteiger partial charge in [0.25, 0.3) is 0 Å². The monoisotopic (exact) mass is 464 g/mol. The van der Waals surface area contributed by atoms with Crippen molar-refractivity contribution in [1.82, 2.24) is 9.88 Å². The van der Waals surface area contributed by atoms with Crippen LogP contribution in [0.3, 0.4) is 0 Å². The van der Waals surface area contributed by atoms with Crippen molar-refractivity contribution in [3.8, 4) is 11.3 Å². The van der Waals surface area contributed by atoms with E-state index in [9.17, 15) is 4.79 Å². The van der Waals surface area contributed by atoms with E-state index < -0.39 is 0 Å². The van der Waals surface area contributed by atoms with Crippen molar-refractivity contribution in [3.05, 3.63) is 87.1 Å². The van der Waals surface area contributed by atoms with Crippen molar-refractivity contribution in [3.63, 3.8) is 0 Å². The van der Waals surface area contributed by atoms with Crippen LogP contribution in [0.1, 0.15) is 16.7 Å². The van der Waals surface area contributed by atoms with Gasteiger partial charge in [-0.3, -0.25) is 4.79 Å². The number of benzene rings is 2. The van der Waals surface area contributed by atoms with Crippen molar-refractivity contribution in [2.75, 3.05) is 20.3 Å². The molecule has 4 aromatic rings. The molecule has 4 rings (SSSR count). The Labute approximate surface area is 197 Å². The van der Waals surface area contributed by atoms with Gasteiger partial charge >= 0.3 is 0 Å². The number of carbonyl (C=O) groups is 1. The van der Waals surface area contributed by atoms with Crippen LogP contribution >= 0.6 is 22.9 Å².